The molecule has 0 aliphatic rings. The summed E-state index contributed by atoms with van der Waals surface area (Å²) in [6.45, 7) is 20.3. The zero-order valence-electron chi connectivity index (χ0n) is 16.8. The number of hydrogen-bond donors (Lipinski definition) is 1. The molecule has 0 fully saturated rings. The summed E-state index contributed by atoms with van der Waals surface area (Å²) in [6, 6.07) is 0. The molecule has 1 N–H and O–H groups in total. The SMILES string of the molecule is C=CO/C(=C\C(C)=C(/C)C(=C)C(C)C)C(C)CC/C=C/NC(=O)CC. The molecule has 0 aromatic carbocycles. The van der Waals surface area contributed by atoms with Gasteiger partial charge in [0, 0.05) is 12.3 Å². The fourth-order valence-corrected chi connectivity index (χ4v) is 2.22. The molecule has 0 saturated carbocycles. The highest BCUT2D eigenvalue weighted by atomic mass is 16.5. The summed E-state index contributed by atoms with van der Waals surface area (Å²) in [4.78, 5) is 11.2. The highest BCUT2D eigenvalue weighted by Crippen LogP contribution is 2.25. The molecule has 3 heteroatoms. The van der Waals surface area contributed by atoms with Crippen LogP contribution in [0.4, 0.5) is 0 Å². The van der Waals surface area contributed by atoms with Gasteiger partial charge >= 0.3 is 0 Å². The lowest BCUT2D eigenvalue weighted by Crippen LogP contribution is -2.14. The first kappa shape index (κ1) is 23.0. The van der Waals surface area contributed by atoms with Crippen LogP contribution in [0.1, 0.15) is 60.8 Å². The Kier molecular flexibility index (Phi) is 11.3. The summed E-state index contributed by atoms with van der Waals surface area (Å²) in [7, 11) is 0. The molecule has 1 unspecified atom stereocenters. The second-order valence-electron chi connectivity index (χ2n) is 6.62. The molecular weight excluding hydrogens is 310 g/mol. The van der Waals surface area contributed by atoms with Crippen LogP contribution in [-0.2, 0) is 9.53 Å². The minimum atomic E-state index is 0.0292. The summed E-state index contributed by atoms with van der Waals surface area (Å²) < 4.78 is 5.64. The number of allylic oxidation sites excluding steroid dienone is 6. The fourth-order valence-electron chi connectivity index (χ4n) is 2.22. The Balaban J connectivity index is 4.96. The van der Waals surface area contributed by atoms with Gasteiger partial charge < -0.3 is 10.1 Å². The molecule has 0 spiro atoms. The molecule has 0 heterocycles. The van der Waals surface area contributed by atoms with E-state index in [2.05, 4.69) is 59.2 Å². The van der Waals surface area contributed by atoms with Gasteiger partial charge in [0.2, 0.25) is 5.91 Å². The van der Waals surface area contributed by atoms with Crippen LogP contribution in [-0.4, -0.2) is 5.91 Å². The van der Waals surface area contributed by atoms with Crippen LogP contribution in [0.3, 0.4) is 0 Å². The van der Waals surface area contributed by atoms with Crippen LogP contribution in [0.2, 0.25) is 0 Å². The lowest BCUT2D eigenvalue weighted by atomic mass is 9.93. The Morgan fingerprint density at radius 3 is 2.40 bits per heavy atom. The van der Waals surface area contributed by atoms with Crippen LogP contribution < -0.4 is 5.32 Å². The molecule has 1 amide bonds. The van der Waals surface area contributed by atoms with E-state index in [0.29, 0.717) is 12.3 Å². The van der Waals surface area contributed by atoms with Gasteiger partial charge in [-0.2, -0.15) is 0 Å². The minimum absolute atomic E-state index is 0.0292. The maximum atomic E-state index is 11.2. The second kappa shape index (κ2) is 12.3. The average Bonchev–Trinajstić information content (AvgIpc) is 2.58. The Morgan fingerprint density at radius 2 is 1.88 bits per heavy atom. The van der Waals surface area contributed by atoms with Crippen molar-refractivity contribution in [3.63, 3.8) is 0 Å². The third kappa shape index (κ3) is 9.13. The number of amides is 1. The Bertz CT molecular complexity index is 550. The number of hydrogen-bond acceptors (Lipinski definition) is 2. The predicted molar refractivity (Wildman–Crippen MR) is 108 cm³/mol. The average molecular weight is 346 g/mol. The maximum absolute atomic E-state index is 11.2. The van der Waals surface area contributed by atoms with E-state index in [1.165, 1.54) is 11.8 Å². The van der Waals surface area contributed by atoms with Crippen molar-refractivity contribution < 1.29 is 9.53 Å². The number of nitrogens with one attached hydrogen (secondary N) is 1. The van der Waals surface area contributed by atoms with E-state index in [1.807, 2.05) is 13.0 Å². The fraction of sp³-hybridized carbons (Fsp3) is 0.500. The zero-order valence-corrected chi connectivity index (χ0v) is 16.8. The van der Waals surface area contributed by atoms with Gasteiger partial charge in [-0.05, 0) is 61.6 Å². The molecule has 0 aromatic rings. The molecule has 25 heavy (non-hydrogen) atoms. The van der Waals surface area contributed by atoms with Crippen LogP contribution >= 0.6 is 0 Å². The molecular formula is C22H35NO2. The molecule has 0 saturated heterocycles. The Hall–Kier alpha value is -2.03. The van der Waals surface area contributed by atoms with E-state index in [9.17, 15) is 4.79 Å². The van der Waals surface area contributed by atoms with E-state index in [0.717, 1.165) is 29.7 Å². The predicted octanol–water partition coefficient (Wildman–Crippen LogP) is 6.04. The van der Waals surface area contributed by atoms with Crippen molar-refractivity contribution in [1.29, 1.82) is 0 Å². The van der Waals surface area contributed by atoms with Gasteiger partial charge in [-0.25, -0.2) is 0 Å². The number of ether oxygens (including phenoxy) is 1. The van der Waals surface area contributed by atoms with E-state index in [4.69, 9.17) is 4.74 Å². The third-order valence-electron chi connectivity index (χ3n) is 4.28. The van der Waals surface area contributed by atoms with E-state index in [-0.39, 0.29) is 11.8 Å². The van der Waals surface area contributed by atoms with Gasteiger partial charge in [-0.3, -0.25) is 4.79 Å². The molecule has 0 aliphatic carbocycles. The van der Waals surface area contributed by atoms with Crippen molar-refractivity contribution >= 4 is 5.91 Å². The molecule has 0 aromatic heterocycles. The van der Waals surface area contributed by atoms with Gasteiger partial charge in [-0.15, -0.1) is 0 Å². The normalized spacial score (nSPS) is 14.3. The Labute approximate surface area is 154 Å². The summed E-state index contributed by atoms with van der Waals surface area (Å²) in [5.41, 5.74) is 3.51. The quantitative estimate of drug-likeness (QED) is 0.366. The summed E-state index contributed by atoms with van der Waals surface area (Å²) in [5, 5.41) is 2.73. The van der Waals surface area contributed by atoms with Gasteiger partial charge in [0.25, 0.3) is 0 Å². The van der Waals surface area contributed by atoms with Gasteiger partial charge in [-0.1, -0.05) is 46.9 Å². The zero-order chi connectivity index (χ0) is 19.4. The largest absolute Gasteiger partial charge is 0.470 e. The van der Waals surface area contributed by atoms with Gasteiger partial charge in [0.15, 0.2) is 0 Å². The molecule has 3 nitrogen and oxygen atoms in total. The lowest BCUT2D eigenvalue weighted by molar-refractivity contribution is -0.119. The van der Waals surface area contributed by atoms with E-state index < -0.39 is 0 Å². The molecule has 140 valence electrons. The summed E-state index contributed by atoms with van der Waals surface area (Å²) >= 11 is 0. The standard InChI is InChI=1S/C22H35NO2/c1-9-22(24)23-14-12-11-13-17(5)21(25-10-2)15-18(6)20(8)19(7)16(3)4/h10,12,14-17H,2,7,9,11,13H2,1,3-6,8H3,(H,23,24)/b14-12+,20-18+,21-15-. The molecule has 0 rings (SSSR count). The van der Waals surface area contributed by atoms with Crippen LogP contribution in [0.15, 0.2) is 60.3 Å². The first-order valence-corrected chi connectivity index (χ1v) is 9.04. The highest BCUT2D eigenvalue weighted by molar-refractivity contribution is 5.76. The van der Waals surface area contributed by atoms with Crippen LogP contribution in [0, 0.1) is 11.8 Å². The van der Waals surface area contributed by atoms with Crippen molar-refractivity contribution in [2.75, 3.05) is 0 Å². The highest BCUT2D eigenvalue weighted by Gasteiger charge is 2.11. The minimum Gasteiger partial charge on any atom is -0.470 e. The van der Waals surface area contributed by atoms with Crippen molar-refractivity contribution in [3.8, 4) is 0 Å². The lowest BCUT2D eigenvalue weighted by Gasteiger charge is -2.16. The first-order chi connectivity index (χ1) is 11.7. The number of rotatable bonds is 11. The van der Waals surface area contributed by atoms with Gasteiger partial charge in [0.05, 0.1) is 6.26 Å². The summed E-state index contributed by atoms with van der Waals surface area (Å²) in [6.07, 6.45) is 9.53. The van der Waals surface area contributed by atoms with Crippen molar-refractivity contribution in [2.45, 2.75) is 60.8 Å². The summed E-state index contributed by atoms with van der Waals surface area (Å²) in [5.74, 6) is 1.60. The van der Waals surface area contributed by atoms with E-state index >= 15 is 0 Å². The molecule has 0 bridgehead atoms. The topological polar surface area (TPSA) is 38.3 Å². The molecule has 0 radical (unpaired) electrons. The number of carbonyl (C=O) groups is 1. The van der Waals surface area contributed by atoms with Crippen molar-refractivity contribution in [3.05, 3.63) is 60.3 Å². The monoisotopic (exact) mass is 345 g/mol. The van der Waals surface area contributed by atoms with Crippen LogP contribution in [0.25, 0.3) is 0 Å². The van der Waals surface area contributed by atoms with E-state index in [1.54, 1.807) is 6.20 Å². The van der Waals surface area contributed by atoms with Crippen LogP contribution in [0.5, 0.6) is 0 Å². The first-order valence-electron chi connectivity index (χ1n) is 9.04. The number of carbonyl (C=O) groups excluding carboxylic acids is 1. The molecule has 1 atom stereocenters. The molecule has 0 aliphatic heterocycles. The van der Waals surface area contributed by atoms with Crippen molar-refractivity contribution in [1.82, 2.24) is 5.32 Å². The third-order valence-corrected chi connectivity index (χ3v) is 4.28. The Morgan fingerprint density at radius 1 is 1.24 bits per heavy atom. The maximum Gasteiger partial charge on any atom is 0.223 e. The van der Waals surface area contributed by atoms with Gasteiger partial charge in [0.1, 0.15) is 5.76 Å². The smallest absolute Gasteiger partial charge is 0.223 e. The second-order valence-corrected chi connectivity index (χ2v) is 6.62. The van der Waals surface area contributed by atoms with Crippen molar-refractivity contribution in [2.24, 2.45) is 11.8 Å².